The fourth-order valence-electron chi connectivity index (χ4n) is 2.54. The van der Waals surface area contributed by atoms with E-state index in [0.29, 0.717) is 5.69 Å². The number of benzene rings is 1. The smallest absolute Gasteiger partial charge is 0.422 e. The second-order valence-corrected chi connectivity index (χ2v) is 6.12. The number of carbonyl (C=O) groups is 1. The highest BCUT2D eigenvalue weighted by Crippen LogP contribution is 2.24. The van der Waals surface area contributed by atoms with Crippen molar-refractivity contribution in [2.24, 2.45) is 7.05 Å². The molecule has 0 aliphatic heterocycles. The lowest BCUT2D eigenvalue weighted by atomic mass is 10.0. The van der Waals surface area contributed by atoms with Crippen LogP contribution in [0.3, 0.4) is 0 Å². The Bertz CT molecular complexity index is 1030. The summed E-state index contributed by atoms with van der Waals surface area (Å²) in [6, 6.07) is 7.57. The van der Waals surface area contributed by atoms with Crippen molar-refractivity contribution >= 4 is 17.7 Å². The Morgan fingerprint density at radius 3 is 2.83 bits per heavy atom. The van der Waals surface area contributed by atoms with Gasteiger partial charge in [0.2, 0.25) is 5.91 Å². The van der Waals surface area contributed by atoms with Crippen LogP contribution in [-0.4, -0.2) is 33.5 Å². The third-order valence-electron chi connectivity index (χ3n) is 3.79. The molecule has 0 atom stereocenters. The number of nitrogens with zero attached hydrogens (tertiary/aromatic N) is 3. The predicted octanol–water partition coefficient (Wildman–Crippen LogP) is 4.08. The summed E-state index contributed by atoms with van der Waals surface area (Å²) in [6.45, 7) is -1.40. The van der Waals surface area contributed by atoms with Crippen LogP contribution in [0.15, 0.2) is 61.2 Å². The molecule has 3 aromatic rings. The van der Waals surface area contributed by atoms with E-state index in [-0.39, 0.29) is 5.75 Å². The number of nitrogens with one attached hydrogen (secondary N) is 1. The first-order valence-electron chi connectivity index (χ1n) is 8.52. The highest BCUT2D eigenvalue weighted by molar-refractivity contribution is 6.02. The molecule has 1 amide bonds. The number of hydrogen-bond donors (Lipinski definition) is 1. The van der Waals surface area contributed by atoms with Gasteiger partial charge in [0, 0.05) is 54.6 Å². The van der Waals surface area contributed by atoms with Crippen molar-refractivity contribution in [1.29, 1.82) is 0 Å². The number of halogens is 3. The van der Waals surface area contributed by atoms with E-state index in [1.165, 1.54) is 24.3 Å². The summed E-state index contributed by atoms with van der Waals surface area (Å²) in [5.41, 5.74) is 2.78. The van der Waals surface area contributed by atoms with Gasteiger partial charge in [-0.3, -0.25) is 14.5 Å². The molecule has 2 aromatic heterocycles. The van der Waals surface area contributed by atoms with Crippen LogP contribution in [0, 0.1) is 0 Å². The first-order chi connectivity index (χ1) is 13.8. The van der Waals surface area contributed by atoms with Gasteiger partial charge in [0.15, 0.2) is 6.61 Å². The highest BCUT2D eigenvalue weighted by atomic mass is 19.4. The number of carbonyl (C=O) groups excluding carboxylic acids is 1. The molecule has 0 saturated heterocycles. The molecule has 150 valence electrons. The second kappa shape index (κ2) is 8.59. The van der Waals surface area contributed by atoms with Gasteiger partial charge >= 0.3 is 6.18 Å². The van der Waals surface area contributed by atoms with Gasteiger partial charge in [-0.2, -0.15) is 18.3 Å². The van der Waals surface area contributed by atoms with Crippen LogP contribution in [0.1, 0.15) is 5.56 Å². The van der Waals surface area contributed by atoms with Gasteiger partial charge < -0.3 is 10.1 Å². The number of hydrogen-bond acceptors (Lipinski definition) is 4. The molecule has 0 saturated carbocycles. The van der Waals surface area contributed by atoms with Gasteiger partial charge in [-0.05, 0) is 29.8 Å². The molecule has 0 aliphatic carbocycles. The molecule has 0 fully saturated rings. The standard InChI is InChI=1S/C20H17F3N4O2/c1-27-12-15(11-25-27)18-7-8-24-10-14(18)5-6-19(28)26-16-3-2-4-17(9-16)29-13-20(21,22)23/h2-12H,13H2,1H3,(H,26,28)/b6-5+. The highest BCUT2D eigenvalue weighted by Gasteiger charge is 2.28. The van der Waals surface area contributed by atoms with Crippen LogP contribution in [0.5, 0.6) is 5.75 Å². The maximum atomic E-state index is 12.3. The molecule has 2 heterocycles. The molecule has 3 rings (SSSR count). The summed E-state index contributed by atoms with van der Waals surface area (Å²) in [6.07, 6.45) is 5.31. The minimum atomic E-state index is -4.43. The average molecular weight is 402 g/mol. The number of pyridine rings is 1. The molecule has 1 N–H and O–H groups in total. The molecule has 1 aromatic carbocycles. The van der Waals surface area contributed by atoms with E-state index in [1.807, 2.05) is 12.3 Å². The molecule has 0 radical (unpaired) electrons. The van der Waals surface area contributed by atoms with Gasteiger partial charge in [0.25, 0.3) is 0 Å². The minimum absolute atomic E-state index is 0.00947. The van der Waals surface area contributed by atoms with Crippen molar-refractivity contribution in [3.8, 4) is 16.9 Å². The molecular weight excluding hydrogens is 385 g/mol. The van der Waals surface area contributed by atoms with Crippen molar-refractivity contribution in [1.82, 2.24) is 14.8 Å². The molecular formula is C20H17F3N4O2. The normalized spacial score (nSPS) is 11.6. The molecule has 0 aliphatic rings. The van der Waals surface area contributed by atoms with Crippen molar-refractivity contribution in [2.45, 2.75) is 6.18 Å². The van der Waals surface area contributed by atoms with Gasteiger partial charge in [-0.15, -0.1) is 0 Å². The van der Waals surface area contributed by atoms with Crippen molar-refractivity contribution in [2.75, 3.05) is 11.9 Å². The van der Waals surface area contributed by atoms with E-state index < -0.39 is 18.7 Å². The zero-order valence-electron chi connectivity index (χ0n) is 15.3. The van der Waals surface area contributed by atoms with Crippen LogP contribution in [-0.2, 0) is 11.8 Å². The van der Waals surface area contributed by atoms with Gasteiger partial charge in [0.05, 0.1) is 6.20 Å². The Morgan fingerprint density at radius 1 is 1.28 bits per heavy atom. The number of anilines is 1. The zero-order chi connectivity index (χ0) is 20.9. The topological polar surface area (TPSA) is 69.0 Å². The first kappa shape index (κ1) is 20.1. The molecule has 9 heteroatoms. The van der Waals surface area contributed by atoms with Crippen molar-refractivity contribution in [3.63, 3.8) is 0 Å². The number of aryl methyl sites for hydroxylation is 1. The van der Waals surface area contributed by atoms with E-state index in [1.54, 1.807) is 42.5 Å². The Balaban J connectivity index is 1.68. The second-order valence-electron chi connectivity index (χ2n) is 6.12. The number of aromatic nitrogens is 3. The van der Waals surface area contributed by atoms with E-state index >= 15 is 0 Å². The summed E-state index contributed by atoms with van der Waals surface area (Å²) >= 11 is 0. The molecule has 0 unspecified atom stereocenters. The summed E-state index contributed by atoms with van der Waals surface area (Å²) in [5.74, 6) is -0.436. The molecule has 0 bridgehead atoms. The van der Waals surface area contributed by atoms with Crippen LogP contribution >= 0.6 is 0 Å². The maximum absolute atomic E-state index is 12.3. The van der Waals surface area contributed by atoms with E-state index in [9.17, 15) is 18.0 Å². The predicted molar refractivity (Wildman–Crippen MR) is 102 cm³/mol. The van der Waals surface area contributed by atoms with E-state index in [0.717, 1.165) is 16.7 Å². The average Bonchev–Trinajstić information content (AvgIpc) is 3.11. The monoisotopic (exact) mass is 402 g/mol. The number of rotatable bonds is 6. The summed E-state index contributed by atoms with van der Waals surface area (Å²) in [7, 11) is 1.81. The van der Waals surface area contributed by atoms with Crippen molar-refractivity contribution in [3.05, 3.63) is 66.8 Å². The Hall–Kier alpha value is -3.62. The summed E-state index contributed by atoms with van der Waals surface area (Å²) < 4.78 is 43.1. The largest absolute Gasteiger partial charge is 0.484 e. The fourth-order valence-corrected chi connectivity index (χ4v) is 2.54. The zero-order valence-corrected chi connectivity index (χ0v) is 15.3. The Morgan fingerprint density at radius 2 is 2.10 bits per heavy atom. The Kier molecular flexibility index (Phi) is 5.96. The third kappa shape index (κ3) is 5.93. The van der Waals surface area contributed by atoms with Crippen LogP contribution in [0.4, 0.5) is 18.9 Å². The lowest BCUT2D eigenvalue weighted by Crippen LogP contribution is -2.19. The van der Waals surface area contributed by atoms with Gasteiger partial charge in [-0.1, -0.05) is 6.07 Å². The molecule has 6 nitrogen and oxygen atoms in total. The summed E-state index contributed by atoms with van der Waals surface area (Å²) in [4.78, 5) is 16.3. The van der Waals surface area contributed by atoms with E-state index in [4.69, 9.17) is 0 Å². The lowest BCUT2D eigenvalue weighted by molar-refractivity contribution is -0.153. The maximum Gasteiger partial charge on any atom is 0.422 e. The number of alkyl halides is 3. The number of amides is 1. The SMILES string of the molecule is Cn1cc(-c2ccncc2/C=C/C(=O)Nc2cccc(OCC(F)(F)F)c2)cn1. The third-order valence-corrected chi connectivity index (χ3v) is 3.79. The van der Waals surface area contributed by atoms with Crippen LogP contribution in [0.2, 0.25) is 0 Å². The lowest BCUT2D eigenvalue weighted by Gasteiger charge is -2.10. The summed E-state index contributed by atoms with van der Waals surface area (Å²) in [5, 5.41) is 6.72. The fraction of sp³-hybridized carbons (Fsp3) is 0.150. The number of ether oxygens (including phenoxy) is 1. The quantitative estimate of drug-likeness (QED) is 0.631. The Labute approximate surface area is 164 Å². The van der Waals surface area contributed by atoms with E-state index in [2.05, 4.69) is 20.1 Å². The van der Waals surface area contributed by atoms with Crippen LogP contribution in [0.25, 0.3) is 17.2 Å². The van der Waals surface area contributed by atoms with Crippen LogP contribution < -0.4 is 10.1 Å². The molecule has 0 spiro atoms. The van der Waals surface area contributed by atoms with Gasteiger partial charge in [-0.25, -0.2) is 0 Å². The van der Waals surface area contributed by atoms with Gasteiger partial charge in [0.1, 0.15) is 5.75 Å². The van der Waals surface area contributed by atoms with Crippen molar-refractivity contribution < 1.29 is 22.7 Å². The molecule has 29 heavy (non-hydrogen) atoms. The first-order valence-corrected chi connectivity index (χ1v) is 8.52. The minimum Gasteiger partial charge on any atom is -0.484 e.